The van der Waals surface area contributed by atoms with E-state index in [4.69, 9.17) is 0 Å². The van der Waals surface area contributed by atoms with Crippen molar-refractivity contribution in [1.29, 1.82) is 0 Å². The number of likely N-dealkylation sites (tertiary alicyclic amines) is 1. The molecule has 26 heavy (non-hydrogen) atoms. The summed E-state index contributed by atoms with van der Waals surface area (Å²) in [6.07, 6.45) is 5.20. The van der Waals surface area contributed by atoms with Crippen LogP contribution in [0.5, 0.6) is 0 Å². The van der Waals surface area contributed by atoms with Crippen LogP contribution in [0.3, 0.4) is 0 Å². The molecule has 1 fully saturated rings. The minimum Gasteiger partial charge on any atom is -0.297 e. The third-order valence-corrected chi connectivity index (χ3v) is 5.20. The zero-order valence-corrected chi connectivity index (χ0v) is 15.5. The van der Waals surface area contributed by atoms with Crippen LogP contribution < -0.4 is 0 Å². The fraction of sp³-hybridized carbons (Fsp3) is 0.450. The molecule has 3 aromatic rings. The Balaban J connectivity index is 1.33. The number of hydrogen-bond donors (Lipinski definition) is 0. The van der Waals surface area contributed by atoms with Crippen molar-refractivity contribution in [2.45, 2.75) is 38.8 Å². The van der Waals surface area contributed by atoms with Crippen molar-refractivity contribution in [1.82, 2.24) is 29.7 Å². The lowest BCUT2D eigenvalue weighted by molar-refractivity contribution is 0.169. The maximum Gasteiger partial charge on any atom is 0.0870 e. The van der Waals surface area contributed by atoms with E-state index in [1.54, 1.807) is 0 Å². The van der Waals surface area contributed by atoms with Gasteiger partial charge in [0.15, 0.2) is 0 Å². The first-order valence-corrected chi connectivity index (χ1v) is 9.34. The molecule has 0 aliphatic carbocycles. The average molecular weight is 350 g/mol. The Labute approximate surface area is 154 Å². The van der Waals surface area contributed by atoms with Crippen LogP contribution in [0.4, 0.5) is 0 Å². The minimum absolute atomic E-state index is 0.455. The van der Waals surface area contributed by atoms with Gasteiger partial charge in [-0.1, -0.05) is 35.5 Å². The fourth-order valence-electron chi connectivity index (χ4n) is 3.76. The molecular formula is C20H26N6. The van der Waals surface area contributed by atoms with Crippen molar-refractivity contribution >= 4 is 0 Å². The van der Waals surface area contributed by atoms with Crippen molar-refractivity contribution in [3.63, 3.8) is 0 Å². The van der Waals surface area contributed by atoms with Crippen molar-refractivity contribution in [2.75, 3.05) is 13.1 Å². The summed E-state index contributed by atoms with van der Waals surface area (Å²) in [5, 5.41) is 13.2. The summed E-state index contributed by atoms with van der Waals surface area (Å²) in [5.41, 5.74) is 4.70. The molecule has 0 N–H and O–H groups in total. The first-order chi connectivity index (χ1) is 12.7. The van der Waals surface area contributed by atoms with Crippen LogP contribution in [0.1, 0.15) is 41.5 Å². The number of piperidine rings is 1. The quantitative estimate of drug-likeness (QED) is 0.710. The number of benzene rings is 1. The molecule has 3 heterocycles. The highest BCUT2D eigenvalue weighted by molar-refractivity contribution is 5.20. The lowest BCUT2D eigenvalue weighted by Crippen LogP contribution is -2.34. The smallest absolute Gasteiger partial charge is 0.0870 e. The van der Waals surface area contributed by atoms with E-state index in [1.807, 2.05) is 24.7 Å². The first-order valence-electron chi connectivity index (χ1n) is 9.34. The maximum atomic E-state index is 4.44. The van der Waals surface area contributed by atoms with E-state index < -0.39 is 0 Å². The van der Waals surface area contributed by atoms with Gasteiger partial charge in [0.05, 0.1) is 23.1 Å². The summed E-state index contributed by atoms with van der Waals surface area (Å²) in [5.74, 6) is 0. The second-order valence-electron chi connectivity index (χ2n) is 7.26. The Morgan fingerprint density at radius 1 is 1.12 bits per heavy atom. The molecule has 0 atom stereocenters. The molecule has 6 heteroatoms. The van der Waals surface area contributed by atoms with Crippen LogP contribution >= 0.6 is 0 Å². The molecule has 0 spiro atoms. The highest BCUT2D eigenvalue weighted by Gasteiger charge is 2.22. The predicted molar refractivity (Wildman–Crippen MR) is 101 cm³/mol. The van der Waals surface area contributed by atoms with Crippen LogP contribution in [0.25, 0.3) is 0 Å². The second-order valence-corrected chi connectivity index (χ2v) is 7.26. The van der Waals surface area contributed by atoms with Gasteiger partial charge in [-0.25, -0.2) is 4.68 Å². The predicted octanol–water partition coefficient (Wildman–Crippen LogP) is 2.75. The molecule has 1 aromatic carbocycles. The molecule has 0 unspecified atom stereocenters. The van der Waals surface area contributed by atoms with Crippen LogP contribution in [0, 0.1) is 6.92 Å². The third-order valence-electron chi connectivity index (χ3n) is 5.20. The number of aryl methyl sites for hydroxylation is 2. The Hall–Kier alpha value is -2.47. The zero-order chi connectivity index (χ0) is 17.9. The minimum atomic E-state index is 0.455. The van der Waals surface area contributed by atoms with Gasteiger partial charge in [-0.05, 0) is 31.4 Å². The van der Waals surface area contributed by atoms with Crippen LogP contribution in [-0.2, 0) is 20.0 Å². The summed E-state index contributed by atoms with van der Waals surface area (Å²) >= 11 is 0. The second kappa shape index (κ2) is 7.41. The number of hydrogen-bond acceptors (Lipinski definition) is 4. The molecular weight excluding hydrogens is 324 g/mol. The van der Waals surface area contributed by atoms with E-state index in [2.05, 4.69) is 61.5 Å². The van der Waals surface area contributed by atoms with E-state index in [0.29, 0.717) is 6.04 Å². The largest absolute Gasteiger partial charge is 0.297 e. The summed E-state index contributed by atoms with van der Waals surface area (Å²) < 4.78 is 4.07. The molecule has 0 amide bonds. The lowest BCUT2D eigenvalue weighted by atomic mass is 10.0. The Morgan fingerprint density at radius 3 is 2.58 bits per heavy atom. The summed E-state index contributed by atoms with van der Waals surface area (Å²) in [4.78, 5) is 2.51. The van der Waals surface area contributed by atoms with E-state index in [-0.39, 0.29) is 0 Å². The van der Waals surface area contributed by atoms with E-state index in [0.717, 1.165) is 50.3 Å². The van der Waals surface area contributed by atoms with Crippen LogP contribution in [0.2, 0.25) is 0 Å². The normalized spacial score (nSPS) is 16.2. The molecule has 136 valence electrons. The van der Waals surface area contributed by atoms with E-state index in [9.17, 15) is 0 Å². The molecule has 1 aliphatic heterocycles. The summed E-state index contributed by atoms with van der Waals surface area (Å²) in [6, 6.07) is 13.1. The van der Waals surface area contributed by atoms with E-state index >= 15 is 0 Å². The molecule has 1 aliphatic rings. The third kappa shape index (κ3) is 3.85. The van der Waals surface area contributed by atoms with Gasteiger partial charge in [-0.15, -0.1) is 5.10 Å². The standard InChI is InChI=1S/C20H26N6/c1-16-12-20(24(2)22-16)15-25-10-8-19(9-11-25)26-14-18(21-23-26)13-17-6-4-3-5-7-17/h3-7,12,14,19H,8-11,13,15H2,1-2H3. The Kier molecular flexibility index (Phi) is 4.84. The van der Waals surface area contributed by atoms with Crippen LogP contribution in [-0.4, -0.2) is 42.8 Å². The monoisotopic (exact) mass is 350 g/mol. The molecule has 6 nitrogen and oxygen atoms in total. The van der Waals surface area contributed by atoms with Gasteiger partial charge in [0.1, 0.15) is 0 Å². The van der Waals surface area contributed by atoms with Crippen LogP contribution in [0.15, 0.2) is 42.6 Å². The van der Waals surface area contributed by atoms with Gasteiger partial charge in [0.25, 0.3) is 0 Å². The number of rotatable bonds is 5. The van der Waals surface area contributed by atoms with Gasteiger partial charge < -0.3 is 0 Å². The molecule has 0 saturated carbocycles. The van der Waals surface area contributed by atoms with Gasteiger partial charge in [0, 0.05) is 39.3 Å². The summed E-state index contributed by atoms with van der Waals surface area (Å²) in [7, 11) is 2.03. The number of nitrogens with zero attached hydrogens (tertiary/aromatic N) is 6. The SMILES string of the molecule is Cc1cc(CN2CCC(n3cc(Cc4ccccc4)nn3)CC2)n(C)n1. The first kappa shape index (κ1) is 17.0. The molecule has 2 aromatic heterocycles. The lowest BCUT2D eigenvalue weighted by Gasteiger charge is -2.31. The average Bonchev–Trinajstić information content (AvgIpc) is 3.23. The van der Waals surface area contributed by atoms with Crippen molar-refractivity contribution in [3.05, 3.63) is 65.2 Å². The van der Waals surface area contributed by atoms with Crippen molar-refractivity contribution in [3.8, 4) is 0 Å². The summed E-state index contributed by atoms with van der Waals surface area (Å²) in [6.45, 7) is 5.19. The highest BCUT2D eigenvalue weighted by Crippen LogP contribution is 2.23. The topological polar surface area (TPSA) is 51.8 Å². The van der Waals surface area contributed by atoms with Gasteiger partial charge >= 0.3 is 0 Å². The molecule has 4 rings (SSSR count). The fourth-order valence-corrected chi connectivity index (χ4v) is 3.76. The Bertz CT molecular complexity index is 842. The highest BCUT2D eigenvalue weighted by atomic mass is 15.4. The molecule has 0 radical (unpaired) electrons. The Morgan fingerprint density at radius 2 is 1.88 bits per heavy atom. The van der Waals surface area contributed by atoms with Gasteiger partial charge in [0.2, 0.25) is 0 Å². The van der Waals surface area contributed by atoms with Crippen molar-refractivity contribution in [2.24, 2.45) is 7.05 Å². The van der Waals surface area contributed by atoms with Crippen molar-refractivity contribution < 1.29 is 0 Å². The maximum absolute atomic E-state index is 4.44. The number of aromatic nitrogens is 5. The van der Waals surface area contributed by atoms with Gasteiger partial charge in [-0.2, -0.15) is 5.10 Å². The zero-order valence-electron chi connectivity index (χ0n) is 15.5. The molecule has 1 saturated heterocycles. The molecule has 0 bridgehead atoms. The van der Waals surface area contributed by atoms with Gasteiger partial charge in [-0.3, -0.25) is 9.58 Å². The van der Waals surface area contributed by atoms with E-state index in [1.165, 1.54) is 11.3 Å².